The van der Waals surface area contributed by atoms with Crippen molar-refractivity contribution in [1.29, 1.82) is 0 Å². The summed E-state index contributed by atoms with van der Waals surface area (Å²) in [6.07, 6.45) is 0.907. The maximum absolute atomic E-state index is 11.4. The van der Waals surface area contributed by atoms with E-state index < -0.39 is 24.5 Å². The zero-order chi connectivity index (χ0) is 14.1. The lowest BCUT2D eigenvalue weighted by atomic mass is 10.3. The number of hydrogen-bond acceptors (Lipinski definition) is 5. The number of amides is 3. The van der Waals surface area contributed by atoms with Crippen molar-refractivity contribution in [3.63, 3.8) is 0 Å². The van der Waals surface area contributed by atoms with Gasteiger partial charge in [0, 0.05) is 11.4 Å². The Morgan fingerprint density at radius 3 is 2.79 bits per heavy atom. The van der Waals surface area contributed by atoms with Crippen LogP contribution in [0.4, 0.5) is 4.79 Å². The van der Waals surface area contributed by atoms with Gasteiger partial charge in [0.2, 0.25) is 0 Å². The summed E-state index contributed by atoms with van der Waals surface area (Å²) in [7, 11) is 0. The lowest BCUT2D eigenvalue weighted by Gasteiger charge is -2.06. The van der Waals surface area contributed by atoms with Crippen LogP contribution >= 0.6 is 11.3 Å². The smallest absolute Gasteiger partial charge is 0.321 e. The first-order chi connectivity index (χ1) is 9.11. The fourth-order valence-corrected chi connectivity index (χ4v) is 1.89. The Kier molecular flexibility index (Phi) is 6.59. The Bertz CT molecular complexity index is 431. The zero-order valence-electron chi connectivity index (χ0n) is 10.6. The van der Waals surface area contributed by atoms with E-state index in [9.17, 15) is 14.4 Å². The highest BCUT2D eigenvalue weighted by Crippen LogP contribution is 2.09. The van der Waals surface area contributed by atoms with Crippen molar-refractivity contribution < 1.29 is 19.1 Å². The second-order valence-corrected chi connectivity index (χ2v) is 4.75. The molecule has 0 unspecified atom stereocenters. The van der Waals surface area contributed by atoms with Crippen molar-refractivity contribution in [1.82, 2.24) is 10.6 Å². The van der Waals surface area contributed by atoms with Crippen molar-refractivity contribution >= 4 is 29.2 Å². The van der Waals surface area contributed by atoms with Crippen molar-refractivity contribution in [3.8, 4) is 0 Å². The molecule has 2 N–H and O–H groups in total. The van der Waals surface area contributed by atoms with Gasteiger partial charge in [-0.15, -0.1) is 11.3 Å². The van der Waals surface area contributed by atoms with E-state index >= 15 is 0 Å². The molecule has 3 amide bonds. The van der Waals surface area contributed by atoms with Crippen LogP contribution in [-0.4, -0.2) is 31.1 Å². The van der Waals surface area contributed by atoms with E-state index in [-0.39, 0.29) is 6.42 Å². The third-order valence-electron chi connectivity index (χ3n) is 2.05. The minimum absolute atomic E-state index is 0.132. The molecule has 1 aromatic heterocycles. The molecule has 0 spiro atoms. The normalized spacial score (nSPS) is 9.74. The van der Waals surface area contributed by atoms with Gasteiger partial charge in [-0.05, 0) is 17.9 Å². The maximum atomic E-state index is 11.4. The van der Waals surface area contributed by atoms with Crippen LogP contribution in [-0.2, 0) is 20.7 Å². The van der Waals surface area contributed by atoms with Crippen LogP contribution < -0.4 is 10.6 Å². The summed E-state index contributed by atoms with van der Waals surface area (Å²) >= 11 is 1.44. The maximum Gasteiger partial charge on any atom is 0.321 e. The molecule has 0 aliphatic carbocycles. The standard InChI is InChI=1S/C12H16N2O4S/c1-2-5-13-12(17)14-10(15)8-18-11(16)7-9-4-3-6-19-9/h3-4,6H,2,5,7-8H2,1H3,(H2,13,14,15,17). The summed E-state index contributed by atoms with van der Waals surface area (Å²) in [6.45, 7) is 1.93. The van der Waals surface area contributed by atoms with Crippen molar-refractivity contribution in [3.05, 3.63) is 22.4 Å². The first kappa shape index (κ1) is 15.2. The van der Waals surface area contributed by atoms with Crippen molar-refractivity contribution in [2.45, 2.75) is 19.8 Å². The number of rotatable bonds is 6. The molecule has 0 radical (unpaired) electrons. The number of imide groups is 1. The van der Waals surface area contributed by atoms with Gasteiger partial charge in [0.05, 0.1) is 6.42 Å². The summed E-state index contributed by atoms with van der Waals surface area (Å²) in [6, 6.07) is 3.06. The van der Waals surface area contributed by atoms with Gasteiger partial charge in [-0.1, -0.05) is 13.0 Å². The summed E-state index contributed by atoms with van der Waals surface area (Å²) < 4.78 is 4.76. The summed E-state index contributed by atoms with van der Waals surface area (Å²) in [5.41, 5.74) is 0. The number of carbonyl (C=O) groups excluding carboxylic acids is 3. The Balaban J connectivity index is 2.19. The number of hydrogen-bond donors (Lipinski definition) is 2. The van der Waals surface area contributed by atoms with Crippen LogP contribution in [0, 0.1) is 0 Å². The van der Waals surface area contributed by atoms with Crippen LogP contribution in [0.5, 0.6) is 0 Å². The van der Waals surface area contributed by atoms with Crippen LogP contribution in [0.2, 0.25) is 0 Å². The van der Waals surface area contributed by atoms with Gasteiger partial charge < -0.3 is 10.1 Å². The topological polar surface area (TPSA) is 84.5 Å². The zero-order valence-corrected chi connectivity index (χ0v) is 11.4. The minimum atomic E-state index is -0.645. The Labute approximate surface area is 115 Å². The van der Waals surface area contributed by atoms with E-state index in [1.165, 1.54) is 11.3 Å². The number of thiophene rings is 1. The monoisotopic (exact) mass is 284 g/mol. The van der Waals surface area contributed by atoms with Gasteiger partial charge >= 0.3 is 12.0 Å². The number of carbonyl (C=O) groups is 3. The average Bonchev–Trinajstić information content (AvgIpc) is 2.86. The quantitative estimate of drug-likeness (QED) is 0.765. The van der Waals surface area contributed by atoms with Crippen molar-refractivity contribution in [2.24, 2.45) is 0 Å². The molecule has 1 aromatic rings. The lowest BCUT2D eigenvalue weighted by molar-refractivity contribution is -0.147. The molecular formula is C12H16N2O4S. The fourth-order valence-electron chi connectivity index (χ4n) is 1.20. The second kappa shape index (κ2) is 8.25. The number of esters is 1. The van der Waals surface area contributed by atoms with Gasteiger partial charge in [-0.25, -0.2) is 4.79 Å². The van der Waals surface area contributed by atoms with Gasteiger partial charge in [-0.2, -0.15) is 0 Å². The lowest BCUT2D eigenvalue weighted by Crippen LogP contribution is -2.41. The number of ether oxygens (including phenoxy) is 1. The van der Waals surface area contributed by atoms with Gasteiger partial charge in [-0.3, -0.25) is 14.9 Å². The number of nitrogens with one attached hydrogen (secondary N) is 2. The van der Waals surface area contributed by atoms with E-state index in [0.29, 0.717) is 6.54 Å². The summed E-state index contributed by atoms with van der Waals surface area (Å²) in [5, 5.41) is 6.40. The number of urea groups is 1. The average molecular weight is 284 g/mol. The molecule has 0 saturated heterocycles. The summed E-state index contributed by atoms with van der Waals surface area (Å²) in [4.78, 5) is 34.7. The van der Waals surface area contributed by atoms with Gasteiger partial charge in [0.1, 0.15) is 0 Å². The van der Waals surface area contributed by atoms with E-state index in [1.54, 1.807) is 0 Å². The molecule has 7 heteroatoms. The van der Waals surface area contributed by atoms with E-state index in [4.69, 9.17) is 4.74 Å². The molecule has 0 bridgehead atoms. The third kappa shape index (κ3) is 6.56. The third-order valence-corrected chi connectivity index (χ3v) is 2.93. The molecule has 0 fully saturated rings. The molecular weight excluding hydrogens is 268 g/mol. The van der Waals surface area contributed by atoms with Gasteiger partial charge in [0.25, 0.3) is 5.91 Å². The molecule has 0 aliphatic rings. The fraction of sp³-hybridized carbons (Fsp3) is 0.417. The van der Waals surface area contributed by atoms with Crippen LogP contribution in [0.25, 0.3) is 0 Å². The van der Waals surface area contributed by atoms with Crippen LogP contribution in [0.1, 0.15) is 18.2 Å². The highest BCUT2D eigenvalue weighted by Gasteiger charge is 2.11. The predicted molar refractivity (Wildman–Crippen MR) is 70.8 cm³/mol. The first-order valence-electron chi connectivity index (χ1n) is 5.87. The molecule has 0 saturated carbocycles. The molecule has 0 aromatic carbocycles. The minimum Gasteiger partial charge on any atom is -0.455 e. The molecule has 1 heterocycles. The van der Waals surface area contributed by atoms with Crippen LogP contribution in [0.15, 0.2) is 17.5 Å². The van der Waals surface area contributed by atoms with Crippen molar-refractivity contribution in [2.75, 3.05) is 13.2 Å². The van der Waals surface area contributed by atoms with Crippen LogP contribution in [0.3, 0.4) is 0 Å². The SMILES string of the molecule is CCCNC(=O)NC(=O)COC(=O)Cc1cccs1. The highest BCUT2D eigenvalue weighted by molar-refractivity contribution is 7.10. The van der Waals surface area contributed by atoms with Gasteiger partial charge in [0.15, 0.2) is 6.61 Å². The molecule has 19 heavy (non-hydrogen) atoms. The molecule has 6 nitrogen and oxygen atoms in total. The van der Waals surface area contributed by atoms with E-state index in [2.05, 4.69) is 10.6 Å². The molecule has 1 rings (SSSR count). The van der Waals surface area contributed by atoms with E-state index in [0.717, 1.165) is 11.3 Å². The molecule has 104 valence electrons. The van der Waals surface area contributed by atoms with E-state index in [1.807, 2.05) is 24.4 Å². The Hall–Kier alpha value is -1.89. The highest BCUT2D eigenvalue weighted by atomic mass is 32.1. The predicted octanol–water partition coefficient (Wildman–Crippen LogP) is 1.07. The molecule has 0 aliphatic heterocycles. The first-order valence-corrected chi connectivity index (χ1v) is 6.75. The second-order valence-electron chi connectivity index (χ2n) is 3.72. The Morgan fingerprint density at radius 1 is 1.37 bits per heavy atom. The Morgan fingerprint density at radius 2 is 2.16 bits per heavy atom. The largest absolute Gasteiger partial charge is 0.455 e. The molecule has 0 atom stereocenters. The summed E-state index contributed by atoms with van der Waals surface area (Å²) in [5.74, 6) is -1.14.